The van der Waals surface area contributed by atoms with Gasteiger partial charge in [-0.1, -0.05) is 54.8 Å². The van der Waals surface area contributed by atoms with Crippen molar-refractivity contribution in [1.82, 2.24) is 20.4 Å². The molecule has 0 aliphatic heterocycles. The molecule has 8 nitrogen and oxygen atoms in total. The highest BCUT2D eigenvalue weighted by molar-refractivity contribution is 6.30. The fourth-order valence-electron chi connectivity index (χ4n) is 3.71. The molecule has 3 aromatic rings. The average Bonchev–Trinajstić information content (AvgIpc) is 3.53. The van der Waals surface area contributed by atoms with Gasteiger partial charge < -0.3 is 16.4 Å². The summed E-state index contributed by atoms with van der Waals surface area (Å²) in [5, 5.41) is 10.1. The van der Waals surface area contributed by atoms with Crippen LogP contribution in [0.2, 0.25) is 5.02 Å². The van der Waals surface area contributed by atoms with Gasteiger partial charge >= 0.3 is 0 Å². The summed E-state index contributed by atoms with van der Waals surface area (Å²) in [6.07, 6.45) is 2.48. The highest BCUT2D eigenvalue weighted by Crippen LogP contribution is 2.33. The molecule has 0 radical (unpaired) electrons. The van der Waals surface area contributed by atoms with Crippen LogP contribution >= 0.6 is 11.6 Å². The van der Waals surface area contributed by atoms with Crippen LogP contribution in [-0.2, 0) is 22.7 Å². The molecule has 3 amide bonds. The summed E-state index contributed by atoms with van der Waals surface area (Å²) in [6.45, 7) is -0.237. The predicted octanol–water partition coefficient (Wildman–Crippen LogP) is 2.53. The first-order chi connectivity index (χ1) is 15.8. The smallest absolute Gasteiger partial charge is 0.269 e. The number of benzene rings is 2. The SMILES string of the molecule is NC(=O)c1nn(CC(=O)N[C@@H](CC2CC2)C(=O)NCc2cccc(Cl)c2F)c2ccccc12. The lowest BCUT2D eigenvalue weighted by Crippen LogP contribution is -2.47. The van der Waals surface area contributed by atoms with Gasteiger partial charge in [-0.2, -0.15) is 5.10 Å². The van der Waals surface area contributed by atoms with Crippen LogP contribution in [0.25, 0.3) is 10.9 Å². The van der Waals surface area contributed by atoms with Crippen molar-refractivity contribution in [2.45, 2.75) is 38.4 Å². The van der Waals surface area contributed by atoms with Gasteiger partial charge in [0.2, 0.25) is 11.8 Å². The number of hydrogen-bond acceptors (Lipinski definition) is 4. The molecule has 4 N–H and O–H groups in total. The number of nitrogens with zero attached hydrogens (tertiary/aromatic N) is 2. The molecule has 10 heteroatoms. The molecular weight excluding hydrogens is 449 g/mol. The summed E-state index contributed by atoms with van der Waals surface area (Å²) in [5.74, 6) is -1.76. The Labute approximate surface area is 194 Å². The number of primary amides is 1. The third-order valence-electron chi connectivity index (χ3n) is 5.59. The highest BCUT2D eigenvalue weighted by atomic mass is 35.5. The third kappa shape index (κ3) is 5.31. The number of para-hydroxylation sites is 1. The van der Waals surface area contributed by atoms with Crippen LogP contribution in [-0.4, -0.2) is 33.5 Å². The predicted molar refractivity (Wildman–Crippen MR) is 121 cm³/mol. The first-order valence-corrected chi connectivity index (χ1v) is 11.0. The van der Waals surface area contributed by atoms with Gasteiger partial charge in [-0.05, 0) is 24.5 Å². The summed E-state index contributed by atoms with van der Waals surface area (Å²) in [4.78, 5) is 37.3. The van der Waals surface area contributed by atoms with E-state index in [9.17, 15) is 18.8 Å². The van der Waals surface area contributed by atoms with E-state index in [1.54, 1.807) is 30.3 Å². The van der Waals surface area contributed by atoms with E-state index in [0.29, 0.717) is 23.2 Å². The summed E-state index contributed by atoms with van der Waals surface area (Å²) in [5.41, 5.74) is 6.33. The maximum absolute atomic E-state index is 14.1. The van der Waals surface area contributed by atoms with E-state index in [1.807, 2.05) is 0 Å². The minimum Gasteiger partial charge on any atom is -0.364 e. The lowest BCUT2D eigenvalue weighted by Gasteiger charge is -2.19. The van der Waals surface area contributed by atoms with Crippen molar-refractivity contribution in [3.05, 3.63) is 64.6 Å². The van der Waals surface area contributed by atoms with Crippen molar-refractivity contribution in [3.63, 3.8) is 0 Å². The zero-order valence-corrected chi connectivity index (χ0v) is 18.4. The van der Waals surface area contributed by atoms with Crippen LogP contribution in [0.15, 0.2) is 42.5 Å². The Morgan fingerprint density at radius 2 is 1.94 bits per heavy atom. The number of rotatable bonds is 9. The Bertz CT molecular complexity index is 1220. The summed E-state index contributed by atoms with van der Waals surface area (Å²) < 4.78 is 15.5. The Morgan fingerprint density at radius 1 is 1.18 bits per heavy atom. The van der Waals surface area contributed by atoms with Gasteiger partial charge in [-0.3, -0.25) is 19.1 Å². The van der Waals surface area contributed by atoms with E-state index in [1.165, 1.54) is 16.8 Å². The summed E-state index contributed by atoms with van der Waals surface area (Å²) in [6, 6.07) is 10.7. The van der Waals surface area contributed by atoms with Gasteiger partial charge in [0.15, 0.2) is 5.69 Å². The molecule has 172 valence electrons. The Kier molecular flexibility index (Phi) is 6.60. The van der Waals surface area contributed by atoms with E-state index < -0.39 is 29.6 Å². The van der Waals surface area contributed by atoms with E-state index in [0.717, 1.165) is 12.8 Å². The third-order valence-corrected chi connectivity index (χ3v) is 5.88. The standard InChI is InChI=1S/C23H23ClFN5O3/c24-16-6-3-4-14(20(16)25)11-27-23(33)17(10-13-8-9-13)28-19(31)12-30-18-7-2-1-5-15(18)21(29-30)22(26)32/h1-7,13,17H,8-12H2,(H2,26,32)(H,27,33)(H,28,31)/t17-/m0/s1. The van der Waals surface area contributed by atoms with Crippen LogP contribution in [0.1, 0.15) is 35.3 Å². The normalized spacial score (nSPS) is 14.1. The first-order valence-electron chi connectivity index (χ1n) is 10.6. The van der Waals surface area contributed by atoms with Crippen molar-refractivity contribution in [1.29, 1.82) is 0 Å². The van der Waals surface area contributed by atoms with Gasteiger partial charge in [0.05, 0.1) is 10.5 Å². The second-order valence-corrected chi connectivity index (χ2v) is 8.52. The molecule has 33 heavy (non-hydrogen) atoms. The Balaban J connectivity index is 1.44. The van der Waals surface area contributed by atoms with Crippen molar-refractivity contribution >= 4 is 40.2 Å². The molecular formula is C23H23ClFN5O3. The Hall–Kier alpha value is -3.46. The molecule has 1 aliphatic rings. The number of carbonyl (C=O) groups is 3. The topological polar surface area (TPSA) is 119 Å². The molecule has 2 aromatic carbocycles. The second kappa shape index (κ2) is 9.58. The molecule has 1 saturated carbocycles. The number of amides is 3. The van der Waals surface area contributed by atoms with Gasteiger partial charge in [0.25, 0.3) is 5.91 Å². The number of nitrogens with one attached hydrogen (secondary N) is 2. The van der Waals surface area contributed by atoms with Gasteiger partial charge in [-0.25, -0.2) is 4.39 Å². The van der Waals surface area contributed by atoms with E-state index in [2.05, 4.69) is 15.7 Å². The molecule has 0 bridgehead atoms. The lowest BCUT2D eigenvalue weighted by atomic mass is 10.1. The van der Waals surface area contributed by atoms with Crippen LogP contribution in [0, 0.1) is 11.7 Å². The number of halogens is 2. The largest absolute Gasteiger partial charge is 0.364 e. The van der Waals surface area contributed by atoms with Gasteiger partial charge in [0.1, 0.15) is 18.4 Å². The minimum absolute atomic E-state index is 0.0219. The van der Waals surface area contributed by atoms with E-state index >= 15 is 0 Å². The first kappa shape index (κ1) is 22.7. The van der Waals surface area contributed by atoms with E-state index in [4.69, 9.17) is 17.3 Å². The zero-order chi connectivity index (χ0) is 23.5. The molecule has 1 fully saturated rings. The Morgan fingerprint density at radius 3 is 2.67 bits per heavy atom. The van der Waals surface area contributed by atoms with Crippen molar-refractivity contribution in [3.8, 4) is 0 Å². The molecule has 4 rings (SSSR count). The molecule has 1 aromatic heterocycles. The summed E-state index contributed by atoms with van der Waals surface area (Å²) in [7, 11) is 0. The molecule has 0 unspecified atom stereocenters. The molecule has 1 heterocycles. The van der Waals surface area contributed by atoms with Gasteiger partial charge in [0, 0.05) is 17.5 Å². The minimum atomic E-state index is -0.773. The number of hydrogen-bond donors (Lipinski definition) is 3. The van der Waals surface area contributed by atoms with Crippen LogP contribution < -0.4 is 16.4 Å². The number of nitrogens with two attached hydrogens (primary N) is 1. The van der Waals surface area contributed by atoms with Crippen LogP contribution in [0.5, 0.6) is 0 Å². The maximum Gasteiger partial charge on any atom is 0.269 e. The lowest BCUT2D eigenvalue weighted by molar-refractivity contribution is -0.129. The van der Waals surface area contributed by atoms with Crippen LogP contribution in [0.4, 0.5) is 4.39 Å². The number of aromatic nitrogens is 2. The highest BCUT2D eigenvalue weighted by Gasteiger charge is 2.30. The molecule has 1 atom stereocenters. The van der Waals surface area contributed by atoms with Crippen LogP contribution in [0.3, 0.4) is 0 Å². The fraction of sp³-hybridized carbons (Fsp3) is 0.304. The monoisotopic (exact) mass is 471 g/mol. The number of fused-ring (bicyclic) bond motifs is 1. The van der Waals surface area contributed by atoms with Crippen molar-refractivity contribution < 1.29 is 18.8 Å². The van der Waals surface area contributed by atoms with E-state index in [-0.39, 0.29) is 29.4 Å². The molecule has 0 saturated heterocycles. The maximum atomic E-state index is 14.1. The van der Waals surface area contributed by atoms with Gasteiger partial charge in [-0.15, -0.1) is 0 Å². The number of carbonyl (C=O) groups excluding carboxylic acids is 3. The fourth-order valence-corrected chi connectivity index (χ4v) is 3.91. The second-order valence-electron chi connectivity index (χ2n) is 8.12. The quantitative estimate of drug-likeness (QED) is 0.444. The summed E-state index contributed by atoms with van der Waals surface area (Å²) >= 11 is 5.80. The zero-order valence-electron chi connectivity index (χ0n) is 17.7. The van der Waals surface area contributed by atoms with Crippen molar-refractivity contribution in [2.75, 3.05) is 0 Å². The van der Waals surface area contributed by atoms with Crippen molar-refractivity contribution in [2.24, 2.45) is 11.7 Å². The molecule has 0 spiro atoms. The molecule has 1 aliphatic carbocycles. The average molecular weight is 472 g/mol.